The Labute approximate surface area is 181 Å². The van der Waals surface area contributed by atoms with Crippen molar-refractivity contribution >= 4 is 0 Å². The number of fused-ring (bicyclic) bond motifs is 4. The number of hydrogen-bond donors (Lipinski definition) is 6. The van der Waals surface area contributed by atoms with Crippen molar-refractivity contribution in [2.75, 3.05) is 0 Å². The Hall–Kier alpha value is -0.240. The first-order valence-electron chi connectivity index (χ1n) is 13.4. The average molecular weight is 415 g/mol. The lowest BCUT2D eigenvalue weighted by Crippen LogP contribution is -2.74. The fourth-order valence-electron chi connectivity index (χ4n) is 8.80. The molecule has 2 aliphatic carbocycles. The van der Waals surface area contributed by atoms with Crippen molar-refractivity contribution in [1.82, 2.24) is 31.9 Å². The molecule has 0 aromatic heterocycles. The summed E-state index contributed by atoms with van der Waals surface area (Å²) in [5, 5.41) is 24.6. The first-order chi connectivity index (χ1) is 14.8. The summed E-state index contributed by atoms with van der Waals surface area (Å²) in [6, 6.07) is 2.57. The molecule has 5 aliphatic heterocycles. The largest absolute Gasteiger partial charge is 0.297 e. The lowest BCUT2D eigenvalue weighted by atomic mass is 9.67. The van der Waals surface area contributed by atoms with Gasteiger partial charge in [-0.05, 0) is 101 Å². The van der Waals surface area contributed by atoms with Crippen molar-refractivity contribution in [1.29, 1.82) is 0 Å². The van der Waals surface area contributed by atoms with E-state index in [0.717, 1.165) is 23.7 Å². The van der Waals surface area contributed by atoms with Crippen LogP contribution in [-0.4, -0.2) is 48.8 Å². The van der Waals surface area contributed by atoms with Gasteiger partial charge in [-0.1, -0.05) is 0 Å². The minimum absolute atomic E-state index is 0.476. The lowest BCUT2D eigenvalue weighted by Gasteiger charge is -2.55. The maximum absolute atomic E-state index is 4.12. The Morgan fingerprint density at radius 1 is 0.267 bits per heavy atom. The molecule has 0 aromatic carbocycles. The van der Waals surface area contributed by atoms with Crippen LogP contribution in [0.5, 0.6) is 0 Å². The summed E-state index contributed by atoms with van der Waals surface area (Å²) >= 11 is 0. The van der Waals surface area contributed by atoms with E-state index in [1.807, 2.05) is 0 Å². The van der Waals surface area contributed by atoms with Crippen LogP contribution in [0.25, 0.3) is 0 Å². The van der Waals surface area contributed by atoms with E-state index < -0.39 is 0 Å². The summed E-state index contributed by atoms with van der Waals surface area (Å²) in [5.41, 5.74) is 0. The third-order valence-corrected chi connectivity index (χ3v) is 10.3. The zero-order valence-electron chi connectivity index (χ0n) is 18.4. The van der Waals surface area contributed by atoms with Crippen LogP contribution in [0.1, 0.15) is 77.0 Å². The van der Waals surface area contributed by atoms with Crippen molar-refractivity contribution in [3.05, 3.63) is 0 Å². The Morgan fingerprint density at radius 3 is 0.767 bits per heavy atom. The molecular formula is C24H42N6. The van der Waals surface area contributed by atoms with E-state index in [0.29, 0.717) is 48.8 Å². The second-order valence-corrected chi connectivity index (χ2v) is 11.8. The smallest absolute Gasteiger partial charge is 0.0586 e. The van der Waals surface area contributed by atoms with Crippen LogP contribution in [0.3, 0.4) is 0 Å². The van der Waals surface area contributed by atoms with Crippen LogP contribution < -0.4 is 31.9 Å². The molecule has 7 rings (SSSR count). The summed E-state index contributed by atoms with van der Waals surface area (Å²) < 4.78 is 0. The molecule has 7 aliphatic rings. The van der Waals surface area contributed by atoms with Crippen LogP contribution >= 0.6 is 0 Å². The standard InChI is InChI=1S/C24H42N6/c1-2-14-6-10-18-26-20-12-8-16-4-3-15-7-11-19(29-23(15)24(16)30-20)25-17-9-5-13(1)21(27-17)22(14)28-18/h13-30H,1-12H2. The van der Waals surface area contributed by atoms with Crippen LogP contribution in [0, 0.1) is 23.7 Å². The van der Waals surface area contributed by atoms with Crippen LogP contribution in [0.15, 0.2) is 0 Å². The van der Waals surface area contributed by atoms with Gasteiger partial charge in [0.25, 0.3) is 0 Å². The van der Waals surface area contributed by atoms with E-state index in [1.165, 1.54) is 77.0 Å². The fraction of sp³-hybridized carbons (Fsp3) is 1.00. The summed E-state index contributed by atoms with van der Waals surface area (Å²) in [4.78, 5) is 0. The molecule has 0 amide bonds. The molecule has 30 heavy (non-hydrogen) atoms. The number of nitrogens with one attached hydrogen (secondary N) is 6. The second-order valence-electron chi connectivity index (χ2n) is 11.8. The molecule has 6 heteroatoms. The molecule has 12 unspecified atom stereocenters. The monoisotopic (exact) mass is 414 g/mol. The van der Waals surface area contributed by atoms with Gasteiger partial charge < -0.3 is 0 Å². The number of hydrogen-bond acceptors (Lipinski definition) is 6. The molecule has 0 aromatic rings. The SMILES string of the molecule is C1CC2CCC3CCC4NC5CCC6CCC7CCC(NC1NC2C3N4)NC7C6N5. The minimum Gasteiger partial charge on any atom is -0.297 e. The molecule has 168 valence electrons. The molecule has 6 nitrogen and oxygen atoms in total. The maximum Gasteiger partial charge on any atom is 0.0586 e. The first-order valence-corrected chi connectivity index (χ1v) is 13.4. The zero-order chi connectivity index (χ0) is 19.7. The molecule has 2 saturated carbocycles. The molecule has 7 fully saturated rings. The normalized spacial score (nSPS) is 57.6. The topological polar surface area (TPSA) is 72.2 Å². The average Bonchev–Trinajstić information content (AvgIpc) is 2.78. The highest BCUT2D eigenvalue weighted by atomic mass is 15.3. The lowest BCUT2D eigenvalue weighted by molar-refractivity contribution is 0.0164. The van der Waals surface area contributed by atoms with Gasteiger partial charge in [0.1, 0.15) is 0 Å². The van der Waals surface area contributed by atoms with E-state index in [1.54, 1.807) is 0 Å². The van der Waals surface area contributed by atoms with Crippen molar-refractivity contribution in [2.45, 2.75) is 126 Å². The quantitative estimate of drug-likeness (QED) is 0.361. The summed E-state index contributed by atoms with van der Waals surface area (Å²) in [6.07, 6.45) is 18.4. The van der Waals surface area contributed by atoms with Gasteiger partial charge in [-0.3, -0.25) is 31.9 Å². The van der Waals surface area contributed by atoms with Crippen LogP contribution in [0.2, 0.25) is 0 Å². The Kier molecular flexibility index (Phi) is 4.92. The van der Waals surface area contributed by atoms with Crippen LogP contribution in [0.4, 0.5) is 0 Å². The minimum atomic E-state index is 0.476. The molecule has 8 bridgehead atoms. The predicted molar refractivity (Wildman–Crippen MR) is 118 cm³/mol. The van der Waals surface area contributed by atoms with Crippen molar-refractivity contribution in [2.24, 2.45) is 23.7 Å². The zero-order valence-corrected chi connectivity index (χ0v) is 18.4. The third-order valence-electron chi connectivity index (χ3n) is 10.3. The Morgan fingerprint density at radius 2 is 0.500 bits per heavy atom. The van der Waals surface area contributed by atoms with E-state index in [2.05, 4.69) is 31.9 Å². The third kappa shape index (κ3) is 3.29. The van der Waals surface area contributed by atoms with Gasteiger partial charge in [-0.25, -0.2) is 0 Å². The Balaban J connectivity index is 1.19. The predicted octanol–water partition coefficient (Wildman–Crippen LogP) is 1.54. The van der Waals surface area contributed by atoms with E-state index in [-0.39, 0.29) is 0 Å². The van der Waals surface area contributed by atoms with Gasteiger partial charge in [-0.15, -0.1) is 0 Å². The van der Waals surface area contributed by atoms with Crippen molar-refractivity contribution in [3.63, 3.8) is 0 Å². The Bertz CT molecular complexity index is 537. The first kappa shape index (κ1) is 19.2. The summed E-state index contributed by atoms with van der Waals surface area (Å²) in [5.74, 6) is 3.46. The van der Waals surface area contributed by atoms with Gasteiger partial charge in [0, 0.05) is 24.2 Å². The summed E-state index contributed by atoms with van der Waals surface area (Å²) in [7, 11) is 0. The van der Waals surface area contributed by atoms with E-state index in [4.69, 9.17) is 0 Å². The van der Waals surface area contributed by atoms with Gasteiger partial charge in [-0.2, -0.15) is 0 Å². The molecule has 0 spiro atoms. The van der Waals surface area contributed by atoms with Gasteiger partial charge in [0.15, 0.2) is 0 Å². The highest BCUT2D eigenvalue weighted by Gasteiger charge is 2.48. The molecule has 5 heterocycles. The molecule has 12 atom stereocenters. The van der Waals surface area contributed by atoms with Gasteiger partial charge in [0.2, 0.25) is 0 Å². The molecule has 0 radical (unpaired) electrons. The highest BCUT2D eigenvalue weighted by molar-refractivity contribution is 5.06. The second kappa shape index (κ2) is 7.67. The van der Waals surface area contributed by atoms with E-state index in [9.17, 15) is 0 Å². The molecule has 6 N–H and O–H groups in total. The summed E-state index contributed by atoms with van der Waals surface area (Å²) in [6.45, 7) is 0. The van der Waals surface area contributed by atoms with Crippen LogP contribution in [-0.2, 0) is 0 Å². The van der Waals surface area contributed by atoms with Gasteiger partial charge in [0.05, 0.1) is 24.7 Å². The maximum atomic E-state index is 4.12. The highest BCUT2D eigenvalue weighted by Crippen LogP contribution is 2.42. The van der Waals surface area contributed by atoms with Crippen molar-refractivity contribution < 1.29 is 0 Å². The van der Waals surface area contributed by atoms with Gasteiger partial charge >= 0.3 is 0 Å². The molecule has 5 saturated heterocycles. The van der Waals surface area contributed by atoms with Crippen molar-refractivity contribution in [3.8, 4) is 0 Å². The molecular weight excluding hydrogens is 372 g/mol. The number of piperidine rings is 4. The number of rotatable bonds is 0. The van der Waals surface area contributed by atoms with E-state index >= 15 is 0 Å². The fourth-order valence-corrected chi connectivity index (χ4v) is 8.80.